The van der Waals surface area contributed by atoms with Crippen LogP contribution in [0.2, 0.25) is 0 Å². The van der Waals surface area contributed by atoms with Crippen molar-refractivity contribution in [2.45, 2.75) is 19.0 Å². The number of amides is 1. The molecular formula is C17H15BrF3NO2. The minimum absolute atomic E-state index is 0.128. The predicted octanol–water partition coefficient (Wildman–Crippen LogP) is 5.27. The second-order valence-corrected chi connectivity index (χ2v) is 5.95. The van der Waals surface area contributed by atoms with Crippen LogP contribution >= 0.6 is 15.9 Å². The van der Waals surface area contributed by atoms with E-state index in [2.05, 4.69) is 21.2 Å². The van der Waals surface area contributed by atoms with Gasteiger partial charge in [0.2, 0.25) is 5.91 Å². The maximum absolute atomic E-state index is 12.6. The van der Waals surface area contributed by atoms with Crippen LogP contribution in [0.4, 0.5) is 18.9 Å². The molecule has 0 bridgehead atoms. The minimum Gasteiger partial charge on any atom is -0.494 e. The molecule has 0 aliphatic carbocycles. The molecule has 1 N–H and O–H groups in total. The number of carbonyl (C=O) groups is 1. The van der Waals surface area contributed by atoms with Crippen LogP contribution in [0.1, 0.15) is 18.4 Å². The summed E-state index contributed by atoms with van der Waals surface area (Å²) in [4.78, 5) is 11.8. The van der Waals surface area contributed by atoms with E-state index in [1.165, 1.54) is 12.1 Å². The fourth-order valence-corrected chi connectivity index (χ4v) is 2.35. The third kappa shape index (κ3) is 5.88. The van der Waals surface area contributed by atoms with Crippen molar-refractivity contribution >= 4 is 27.5 Å². The molecule has 1 amide bonds. The van der Waals surface area contributed by atoms with E-state index >= 15 is 0 Å². The number of hydrogen-bond donors (Lipinski definition) is 1. The minimum atomic E-state index is -4.43. The van der Waals surface area contributed by atoms with Gasteiger partial charge in [0.1, 0.15) is 5.75 Å². The molecule has 0 fully saturated rings. The number of halogens is 4. The number of nitrogens with one attached hydrogen (secondary N) is 1. The third-order valence-electron chi connectivity index (χ3n) is 3.09. The van der Waals surface area contributed by atoms with Crippen LogP contribution in [0.3, 0.4) is 0 Å². The SMILES string of the molecule is O=C(CCCOc1cccc(Br)c1)Nc1cccc(C(F)(F)F)c1. The number of carbonyl (C=O) groups excluding carboxylic acids is 1. The molecule has 0 spiro atoms. The standard InChI is InChI=1S/C17H15BrF3NO2/c18-13-5-2-7-15(11-13)24-9-3-8-16(23)22-14-6-1-4-12(10-14)17(19,20)21/h1-2,4-7,10-11H,3,8-9H2,(H,22,23). The van der Waals surface area contributed by atoms with Crippen LogP contribution in [0.25, 0.3) is 0 Å². The predicted molar refractivity (Wildman–Crippen MR) is 88.9 cm³/mol. The summed E-state index contributed by atoms with van der Waals surface area (Å²) >= 11 is 3.33. The molecule has 0 unspecified atom stereocenters. The first kappa shape index (κ1) is 18.3. The summed E-state index contributed by atoms with van der Waals surface area (Å²) in [5, 5.41) is 2.46. The summed E-state index contributed by atoms with van der Waals surface area (Å²) in [5.74, 6) is 0.329. The maximum atomic E-state index is 12.6. The largest absolute Gasteiger partial charge is 0.494 e. The van der Waals surface area contributed by atoms with Gasteiger partial charge in [-0.25, -0.2) is 0 Å². The average molecular weight is 402 g/mol. The highest BCUT2D eigenvalue weighted by atomic mass is 79.9. The Labute approximate surface area is 146 Å². The lowest BCUT2D eigenvalue weighted by molar-refractivity contribution is -0.137. The highest BCUT2D eigenvalue weighted by molar-refractivity contribution is 9.10. The molecule has 3 nitrogen and oxygen atoms in total. The molecule has 0 heterocycles. The van der Waals surface area contributed by atoms with Gasteiger partial charge in [0.25, 0.3) is 0 Å². The molecule has 2 aromatic rings. The number of ether oxygens (including phenoxy) is 1. The van der Waals surface area contributed by atoms with E-state index in [9.17, 15) is 18.0 Å². The Bertz CT molecular complexity index is 704. The summed E-state index contributed by atoms with van der Waals surface area (Å²) in [6, 6.07) is 11.9. The van der Waals surface area contributed by atoms with Gasteiger partial charge in [-0.2, -0.15) is 13.2 Å². The fourth-order valence-electron chi connectivity index (χ4n) is 1.98. The Balaban J connectivity index is 1.77. The molecule has 0 aliphatic rings. The van der Waals surface area contributed by atoms with Crippen molar-refractivity contribution in [3.63, 3.8) is 0 Å². The van der Waals surface area contributed by atoms with Crippen molar-refractivity contribution in [1.82, 2.24) is 0 Å². The fraction of sp³-hybridized carbons (Fsp3) is 0.235. The molecule has 7 heteroatoms. The van der Waals surface area contributed by atoms with Crippen molar-refractivity contribution < 1.29 is 22.7 Å². The van der Waals surface area contributed by atoms with E-state index < -0.39 is 11.7 Å². The van der Waals surface area contributed by atoms with Gasteiger partial charge >= 0.3 is 6.18 Å². The van der Waals surface area contributed by atoms with Crippen molar-refractivity contribution in [1.29, 1.82) is 0 Å². The Morgan fingerprint density at radius 2 is 1.88 bits per heavy atom. The smallest absolute Gasteiger partial charge is 0.416 e. The van der Waals surface area contributed by atoms with Gasteiger partial charge in [-0.1, -0.05) is 28.1 Å². The van der Waals surface area contributed by atoms with Gasteiger partial charge < -0.3 is 10.1 Å². The van der Waals surface area contributed by atoms with Gasteiger partial charge in [0, 0.05) is 16.6 Å². The first-order chi connectivity index (χ1) is 11.3. The van der Waals surface area contributed by atoms with Crippen molar-refractivity contribution in [3.8, 4) is 5.75 Å². The molecule has 2 aromatic carbocycles. The number of alkyl halides is 3. The van der Waals surface area contributed by atoms with Crippen molar-refractivity contribution in [2.24, 2.45) is 0 Å². The van der Waals surface area contributed by atoms with Crippen LogP contribution in [-0.2, 0) is 11.0 Å². The monoisotopic (exact) mass is 401 g/mol. The van der Waals surface area contributed by atoms with Crippen LogP contribution in [0.15, 0.2) is 53.0 Å². The van der Waals surface area contributed by atoms with Gasteiger partial charge in [0.15, 0.2) is 0 Å². The molecule has 0 radical (unpaired) electrons. The topological polar surface area (TPSA) is 38.3 Å². The molecule has 0 saturated heterocycles. The number of hydrogen-bond acceptors (Lipinski definition) is 2. The van der Waals surface area contributed by atoms with Crippen molar-refractivity contribution in [3.05, 3.63) is 58.6 Å². The number of rotatable bonds is 6. The first-order valence-corrected chi connectivity index (χ1v) is 7.99. The van der Waals surface area contributed by atoms with E-state index in [1.807, 2.05) is 18.2 Å². The van der Waals surface area contributed by atoms with Gasteiger partial charge in [-0.05, 0) is 42.8 Å². The maximum Gasteiger partial charge on any atom is 0.416 e. The Hall–Kier alpha value is -2.02. The Morgan fingerprint density at radius 3 is 2.58 bits per heavy atom. The average Bonchev–Trinajstić information content (AvgIpc) is 2.51. The molecule has 24 heavy (non-hydrogen) atoms. The molecule has 0 aliphatic heterocycles. The van der Waals surface area contributed by atoms with Crippen LogP contribution in [-0.4, -0.2) is 12.5 Å². The van der Waals surface area contributed by atoms with Gasteiger partial charge in [-0.3, -0.25) is 4.79 Å². The van der Waals surface area contributed by atoms with E-state index in [-0.39, 0.29) is 18.0 Å². The number of anilines is 1. The summed E-state index contributed by atoms with van der Waals surface area (Å²) in [6.07, 6.45) is -3.82. The first-order valence-electron chi connectivity index (χ1n) is 7.20. The zero-order chi connectivity index (χ0) is 17.6. The van der Waals surface area contributed by atoms with Crippen LogP contribution in [0, 0.1) is 0 Å². The second kappa shape index (κ2) is 8.19. The molecular weight excluding hydrogens is 387 g/mol. The zero-order valence-corrected chi connectivity index (χ0v) is 14.2. The van der Waals surface area contributed by atoms with E-state index in [1.54, 1.807) is 6.07 Å². The number of benzene rings is 2. The zero-order valence-electron chi connectivity index (χ0n) is 12.6. The lowest BCUT2D eigenvalue weighted by atomic mass is 10.2. The van der Waals surface area contributed by atoms with E-state index in [4.69, 9.17) is 4.74 Å². The Kier molecular flexibility index (Phi) is 6.25. The molecule has 0 atom stereocenters. The molecule has 0 saturated carbocycles. The van der Waals surface area contributed by atoms with Gasteiger partial charge in [0.05, 0.1) is 12.2 Å². The molecule has 128 valence electrons. The quantitative estimate of drug-likeness (QED) is 0.669. The van der Waals surface area contributed by atoms with E-state index in [0.29, 0.717) is 18.8 Å². The molecule has 0 aromatic heterocycles. The van der Waals surface area contributed by atoms with Crippen LogP contribution in [0.5, 0.6) is 5.75 Å². The summed E-state index contributed by atoms with van der Waals surface area (Å²) in [6.45, 7) is 0.340. The highest BCUT2D eigenvalue weighted by Gasteiger charge is 2.30. The summed E-state index contributed by atoms with van der Waals surface area (Å²) < 4.78 is 44.2. The summed E-state index contributed by atoms with van der Waals surface area (Å²) in [7, 11) is 0. The highest BCUT2D eigenvalue weighted by Crippen LogP contribution is 2.30. The van der Waals surface area contributed by atoms with Crippen LogP contribution < -0.4 is 10.1 Å². The van der Waals surface area contributed by atoms with Gasteiger partial charge in [-0.15, -0.1) is 0 Å². The normalized spacial score (nSPS) is 11.2. The second-order valence-electron chi connectivity index (χ2n) is 5.04. The third-order valence-corrected chi connectivity index (χ3v) is 3.58. The van der Waals surface area contributed by atoms with Crippen molar-refractivity contribution in [2.75, 3.05) is 11.9 Å². The Morgan fingerprint density at radius 1 is 1.12 bits per heavy atom. The lowest BCUT2D eigenvalue weighted by Crippen LogP contribution is -2.14. The summed E-state index contributed by atoms with van der Waals surface area (Å²) in [5.41, 5.74) is -0.666. The van der Waals surface area contributed by atoms with E-state index in [0.717, 1.165) is 16.6 Å². The molecule has 2 rings (SSSR count). The lowest BCUT2D eigenvalue weighted by Gasteiger charge is -2.10.